The number of hydrogen-bond donors (Lipinski definition) is 0. The summed E-state index contributed by atoms with van der Waals surface area (Å²) in [4.78, 5) is 0. The summed E-state index contributed by atoms with van der Waals surface area (Å²) in [7, 11) is 0. The molecule has 2 nitrogen and oxygen atoms in total. The van der Waals surface area contributed by atoms with Crippen molar-refractivity contribution in [1.29, 1.82) is 0 Å². The van der Waals surface area contributed by atoms with Crippen molar-refractivity contribution in [3.05, 3.63) is 55.7 Å². The van der Waals surface area contributed by atoms with Gasteiger partial charge < -0.3 is 0 Å². The summed E-state index contributed by atoms with van der Waals surface area (Å²) in [5.74, 6) is 1.89. The van der Waals surface area contributed by atoms with Gasteiger partial charge in [0.2, 0.25) is 0 Å². The van der Waals surface area contributed by atoms with E-state index in [1.54, 1.807) is 0 Å². The van der Waals surface area contributed by atoms with Gasteiger partial charge in [0.25, 0.3) is 0 Å². The molecule has 2 aromatic carbocycles. The Hall–Kier alpha value is -1.23. The molecule has 0 saturated carbocycles. The normalized spacial score (nSPS) is 10.4. The van der Waals surface area contributed by atoms with Crippen molar-refractivity contribution in [2.45, 2.75) is 13.8 Å². The standard InChI is InChI=1S/C16H18IO2/c1-3-18-15-9-5-13(6-10-15)17-14-7-11-16(12-8-14)19-4-2/h5-12H,3-4H2,1-2H3/q-1. The third-order valence-corrected chi connectivity index (χ3v) is 5.15. The zero-order chi connectivity index (χ0) is 13.5. The molecule has 19 heavy (non-hydrogen) atoms. The van der Waals surface area contributed by atoms with Crippen LogP contribution < -0.4 is 30.7 Å². The van der Waals surface area contributed by atoms with Gasteiger partial charge in [-0.05, 0) is 0 Å². The van der Waals surface area contributed by atoms with E-state index in [0.717, 1.165) is 11.5 Å². The van der Waals surface area contributed by atoms with Gasteiger partial charge in [0.05, 0.1) is 0 Å². The fourth-order valence-corrected chi connectivity index (χ4v) is 3.80. The second kappa shape index (κ2) is 7.38. The molecule has 0 unspecified atom stereocenters. The molecule has 0 aliphatic heterocycles. The van der Waals surface area contributed by atoms with Crippen LogP contribution in [0.5, 0.6) is 11.5 Å². The molecule has 0 aliphatic rings. The number of ether oxygens (including phenoxy) is 2. The van der Waals surface area contributed by atoms with E-state index in [0.29, 0.717) is 13.2 Å². The molecule has 0 radical (unpaired) electrons. The third-order valence-electron chi connectivity index (χ3n) is 2.47. The molecule has 0 saturated heterocycles. The second-order valence-corrected chi connectivity index (χ2v) is 6.90. The van der Waals surface area contributed by atoms with Crippen LogP contribution in [0.3, 0.4) is 0 Å². The Morgan fingerprint density at radius 1 is 0.684 bits per heavy atom. The van der Waals surface area contributed by atoms with E-state index in [2.05, 4.69) is 24.3 Å². The molecule has 102 valence electrons. The Morgan fingerprint density at radius 3 is 1.37 bits per heavy atom. The van der Waals surface area contributed by atoms with Crippen LogP contribution in [0.2, 0.25) is 0 Å². The molecule has 0 fully saturated rings. The number of hydrogen-bond acceptors (Lipinski definition) is 2. The fraction of sp³-hybridized carbons (Fsp3) is 0.250. The molecule has 0 heterocycles. The predicted molar refractivity (Wildman–Crippen MR) is 72.6 cm³/mol. The fourth-order valence-electron chi connectivity index (χ4n) is 1.65. The van der Waals surface area contributed by atoms with Crippen LogP contribution in [0.4, 0.5) is 0 Å². The summed E-state index contributed by atoms with van der Waals surface area (Å²) in [5.41, 5.74) is 0. The van der Waals surface area contributed by atoms with Gasteiger partial charge in [0, 0.05) is 0 Å². The average Bonchev–Trinajstić information content (AvgIpc) is 2.44. The summed E-state index contributed by atoms with van der Waals surface area (Å²) in [6, 6.07) is 16.8. The third kappa shape index (κ3) is 4.42. The van der Waals surface area contributed by atoms with Crippen LogP contribution in [0.15, 0.2) is 48.5 Å². The second-order valence-electron chi connectivity index (χ2n) is 3.87. The van der Waals surface area contributed by atoms with Gasteiger partial charge in [-0.3, -0.25) is 0 Å². The van der Waals surface area contributed by atoms with Gasteiger partial charge in [-0.15, -0.1) is 0 Å². The molecule has 0 atom stereocenters. The Kier molecular flexibility index (Phi) is 5.51. The van der Waals surface area contributed by atoms with E-state index in [9.17, 15) is 0 Å². The van der Waals surface area contributed by atoms with E-state index in [-0.39, 0.29) is 21.2 Å². The number of halogens is 1. The van der Waals surface area contributed by atoms with Crippen LogP contribution in [-0.4, -0.2) is 13.2 Å². The summed E-state index contributed by atoms with van der Waals surface area (Å²) in [5, 5.41) is 0. The zero-order valence-corrected chi connectivity index (χ0v) is 13.4. The molecule has 0 N–H and O–H groups in total. The topological polar surface area (TPSA) is 18.5 Å². The first kappa shape index (κ1) is 14.2. The molecule has 0 bridgehead atoms. The van der Waals surface area contributed by atoms with Crippen molar-refractivity contribution in [3.8, 4) is 11.5 Å². The van der Waals surface area contributed by atoms with E-state index in [1.807, 2.05) is 38.1 Å². The van der Waals surface area contributed by atoms with Gasteiger partial charge in [-0.1, -0.05) is 0 Å². The maximum atomic E-state index is 5.45. The van der Waals surface area contributed by atoms with Crippen LogP contribution in [0.1, 0.15) is 13.8 Å². The molecule has 0 aliphatic carbocycles. The minimum absolute atomic E-state index is 0.128. The Labute approximate surface area is 125 Å². The van der Waals surface area contributed by atoms with Crippen LogP contribution in [0.25, 0.3) is 0 Å². The Bertz CT molecular complexity index is 444. The first-order chi connectivity index (χ1) is 9.31. The SMILES string of the molecule is CCOc1ccc([I-]c2ccc(OCC)cc2)cc1. The molecular weight excluding hydrogens is 351 g/mol. The quantitative estimate of drug-likeness (QED) is 0.695. The van der Waals surface area contributed by atoms with E-state index in [1.165, 1.54) is 7.14 Å². The molecule has 0 aromatic heterocycles. The number of benzene rings is 2. The van der Waals surface area contributed by atoms with Gasteiger partial charge >= 0.3 is 125 Å². The van der Waals surface area contributed by atoms with Gasteiger partial charge in [-0.25, -0.2) is 0 Å². The molecule has 2 rings (SSSR count). The van der Waals surface area contributed by atoms with Crippen molar-refractivity contribution in [1.82, 2.24) is 0 Å². The van der Waals surface area contributed by atoms with Crippen molar-refractivity contribution >= 4 is 0 Å². The van der Waals surface area contributed by atoms with Crippen molar-refractivity contribution in [2.24, 2.45) is 0 Å². The minimum atomic E-state index is -0.128. The predicted octanol–water partition coefficient (Wildman–Crippen LogP) is 0.612. The molecule has 0 amide bonds. The van der Waals surface area contributed by atoms with Crippen molar-refractivity contribution < 1.29 is 30.7 Å². The summed E-state index contributed by atoms with van der Waals surface area (Å²) in [6.45, 7) is 5.43. The van der Waals surface area contributed by atoms with Gasteiger partial charge in [0.1, 0.15) is 0 Å². The van der Waals surface area contributed by atoms with Crippen molar-refractivity contribution in [3.63, 3.8) is 0 Å². The number of rotatable bonds is 6. The van der Waals surface area contributed by atoms with Crippen LogP contribution >= 0.6 is 0 Å². The van der Waals surface area contributed by atoms with Crippen LogP contribution in [0, 0.1) is 7.14 Å². The first-order valence-corrected chi connectivity index (χ1v) is 8.58. The molecule has 2 aromatic rings. The van der Waals surface area contributed by atoms with E-state index >= 15 is 0 Å². The summed E-state index contributed by atoms with van der Waals surface area (Å²) in [6.07, 6.45) is 0. The molecule has 0 spiro atoms. The zero-order valence-electron chi connectivity index (χ0n) is 11.2. The van der Waals surface area contributed by atoms with Gasteiger partial charge in [0.15, 0.2) is 0 Å². The Balaban J connectivity index is 1.99. The Morgan fingerprint density at radius 2 is 1.05 bits per heavy atom. The average molecular weight is 369 g/mol. The molecular formula is C16H18IO2-. The molecule has 3 heteroatoms. The van der Waals surface area contributed by atoms with E-state index in [4.69, 9.17) is 9.47 Å². The van der Waals surface area contributed by atoms with E-state index < -0.39 is 0 Å². The summed E-state index contributed by atoms with van der Waals surface area (Å²) < 4.78 is 13.7. The maximum absolute atomic E-state index is 5.45. The monoisotopic (exact) mass is 369 g/mol. The summed E-state index contributed by atoms with van der Waals surface area (Å²) >= 11 is -0.128. The van der Waals surface area contributed by atoms with Gasteiger partial charge in [-0.2, -0.15) is 0 Å². The van der Waals surface area contributed by atoms with Crippen molar-refractivity contribution in [2.75, 3.05) is 13.2 Å². The van der Waals surface area contributed by atoms with Crippen LogP contribution in [-0.2, 0) is 0 Å². The first-order valence-electron chi connectivity index (χ1n) is 6.42.